The van der Waals surface area contributed by atoms with Gasteiger partial charge >= 0.3 is 5.82 Å². The Kier molecular flexibility index (Phi) is 1.62. The predicted octanol–water partition coefficient (Wildman–Crippen LogP) is 1.10. The van der Waals surface area contributed by atoms with E-state index in [9.17, 15) is 10.1 Å². The zero-order valence-corrected chi connectivity index (χ0v) is 5.37. The Bertz CT molecular complexity index is 260. The number of pyridine rings is 1. The van der Waals surface area contributed by atoms with Gasteiger partial charge in [-0.3, -0.25) is 0 Å². The van der Waals surface area contributed by atoms with Gasteiger partial charge < -0.3 is 10.1 Å². The maximum Gasteiger partial charge on any atom is 0.371 e. The molecule has 0 N–H and O–H groups in total. The van der Waals surface area contributed by atoms with Crippen molar-refractivity contribution in [1.29, 1.82) is 0 Å². The standard InChI is InChI=1S/C6H5N2O2/c1-5-3-2-4-6(7-5)8(9)10/h2-3H,1H3. The number of hydrogen-bond acceptors (Lipinski definition) is 3. The first-order valence-corrected chi connectivity index (χ1v) is 2.70. The summed E-state index contributed by atoms with van der Waals surface area (Å²) in [7, 11) is 0. The van der Waals surface area contributed by atoms with Crippen molar-refractivity contribution in [2.45, 2.75) is 6.92 Å². The molecule has 0 unspecified atom stereocenters. The highest BCUT2D eigenvalue weighted by atomic mass is 16.6. The summed E-state index contributed by atoms with van der Waals surface area (Å²) in [6, 6.07) is 5.54. The molecule has 0 aliphatic carbocycles. The van der Waals surface area contributed by atoms with Crippen LogP contribution in [-0.2, 0) is 0 Å². The van der Waals surface area contributed by atoms with E-state index in [0.29, 0.717) is 5.69 Å². The molecule has 51 valence electrons. The SMILES string of the molecule is Cc1cc[c]c([N+](=O)[O-])n1. The number of aromatic nitrogens is 1. The van der Waals surface area contributed by atoms with Gasteiger partial charge in [0.25, 0.3) is 0 Å². The van der Waals surface area contributed by atoms with Crippen molar-refractivity contribution in [1.82, 2.24) is 4.98 Å². The van der Waals surface area contributed by atoms with Crippen LogP contribution in [0, 0.1) is 23.1 Å². The average molecular weight is 137 g/mol. The monoisotopic (exact) mass is 137 g/mol. The van der Waals surface area contributed by atoms with Crippen molar-refractivity contribution in [2.24, 2.45) is 0 Å². The predicted molar refractivity (Wildman–Crippen MR) is 34.5 cm³/mol. The van der Waals surface area contributed by atoms with Crippen molar-refractivity contribution >= 4 is 5.82 Å². The molecule has 1 radical (unpaired) electrons. The molecule has 0 fully saturated rings. The van der Waals surface area contributed by atoms with Crippen LogP contribution >= 0.6 is 0 Å². The molecule has 10 heavy (non-hydrogen) atoms. The van der Waals surface area contributed by atoms with Gasteiger partial charge in [-0.15, -0.1) is 0 Å². The Morgan fingerprint density at radius 1 is 1.80 bits per heavy atom. The zero-order chi connectivity index (χ0) is 7.56. The normalized spacial score (nSPS) is 9.30. The van der Waals surface area contributed by atoms with Gasteiger partial charge in [0.05, 0.1) is 6.07 Å². The summed E-state index contributed by atoms with van der Waals surface area (Å²) in [5.74, 6) is -0.222. The molecule has 0 saturated heterocycles. The molecule has 4 nitrogen and oxygen atoms in total. The Morgan fingerprint density at radius 2 is 2.50 bits per heavy atom. The molecule has 0 aliphatic rings. The highest BCUT2D eigenvalue weighted by Crippen LogP contribution is 2.04. The van der Waals surface area contributed by atoms with Crippen molar-refractivity contribution < 1.29 is 4.92 Å². The third-order valence-corrected chi connectivity index (χ3v) is 0.992. The number of aryl methyl sites for hydroxylation is 1. The Labute approximate surface area is 57.7 Å². The fourth-order valence-corrected chi connectivity index (χ4v) is 0.567. The molecule has 4 heteroatoms. The molecule has 1 aromatic heterocycles. The van der Waals surface area contributed by atoms with E-state index in [2.05, 4.69) is 11.1 Å². The molecule has 0 saturated carbocycles. The lowest BCUT2D eigenvalue weighted by molar-refractivity contribution is -0.390. The Morgan fingerprint density at radius 3 is 2.90 bits per heavy atom. The second kappa shape index (κ2) is 2.43. The van der Waals surface area contributed by atoms with Gasteiger partial charge in [0.15, 0.2) is 0 Å². The second-order valence-corrected chi connectivity index (χ2v) is 1.81. The van der Waals surface area contributed by atoms with E-state index in [1.807, 2.05) is 0 Å². The van der Waals surface area contributed by atoms with E-state index in [1.54, 1.807) is 13.0 Å². The molecule has 0 aliphatic heterocycles. The highest BCUT2D eigenvalue weighted by molar-refractivity contribution is 5.18. The molecule has 1 heterocycles. The van der Waals surface area contributed by atoms with E-state index in [1.165, 1.54) is 6.07 Å². The largest absolute Gasteiger partial charge is 0.371 e. The molecule has 1 rings (SSSR count). The topological polar surface area (TPSA) is 56.0 Å². The van der Waals surface area contributed by atoms with E-state index < -0.39 is 4.92 Å². The van der Waals surface area contributed by atoms with Crippen LogP contribution in [0.15, 0.2) is 12.1 Å². The van der Waals surface area contributed by atoms with Gasteiger partial charge in [-0.05, 0) is 22.0 Å². The fraction of sp³-hybridized carbons (Fsp3) is 0.167. The lowest BCUT2D eigenvalue weighted by atomic mass is 10.4. The first-order valence-electron chi connectivity index (χ1n) is 2.70. The van der Waals surface area contributed by atoms with Crippen LogP contribution in [0.4, 0.5) is 5.82 Å². The fourth-order valence-electron chi connectivity index (χ4n) is 0.567. The number of hydrogen-bond donors (Lipinski definition) is 0. The summed E-state index contributed by atoms with van der Waals surface area (Å²) in [4.78, 5) is 13.1. The minimum Gasteiger partial charge on any atom is -0.358 e. The van der Waals surface area contributed by atoms with Crippen LogP contribution < -0.4 is 0 Å². The van der Waals surface area contributed by atoms with Crippen LogP contribution in [0.5, 0.6) is 0 Å². The molecule has 0 spiro atoms. The lowest BCUT2D eigenvalue weighted by Gasteiger charge is -1.88. The summed E-state index contributed by atoms with van der Waals surface area (Å²) in [6.45, 7) is 1.70. The zero-order valence-electron chi connectivity index (χ0n) is 5.37. The van der Waals surface area contributed by atoms with Crippen molar-refractivity contribution in [3.8, 4) is 0 Å². The summed E-state index contributed by atoms with van der Waals surface area (Å²) >= 11 is 0. The van der Waals surface area contributed by atoms with E-state index >= 15 is 0 Å². The first kappa shape index (κ1) is 6.67. The van der Waals surface area contributed by atoms with E-state index in [0.717, 1.165) is 0 Å². The minimum atomic E-state index is -0.562. The molecule has 0 bridgehead atoms. The molecular formula is C6H5N2O2. The van der Waals surface area contributed by atoms with Crippen LogP contribution in [0.25, 0.3) is 0 Å². The van der Waals surface area contributed by atoms with Gasteiger partial charge in [-0.2, -0.15) is 0 Å². The summed E-state index contributed by atoms with van der Waals surface area (Å²) in [5, 5.41) is 10.1. The highest BCUT2D eigenvalue weighted by Gasteiger charge is 2.05. The Balaban J connectivity index is 3.07. The molecule has 0 aromatic carbocycles. The van der Waals surface area contributed by atoms with Gasteiger partial charge in [-0.1, -0.05) is 0 Å². The third-order valence-electron chi connectivity index (χ3n) is 0.992. The van der Waals surface area contributed by atoms with Gasteiger partial charge in [0.1, 0.15) is 5.69 Å². The minimum absolute atomic E-state index is 0.222. The van der Waals surface area contributed by atoms with Crippen LogP contribution in [0.1, 0.15) is 5.69 Å². The van der Waals surface area contributed by atoms with Gasteiger partial charge in [-0.25, -0.2) is 0 Å². The Hall–Kier alpha value is -1.45. The second-order valence-electron chi connectivity index (χ2n) is 1.81. The van der Waals surface area contributed by atoms with Crippen molar-refractivity contribution in [3.63, 3.8) is 0 Å². The number of rotatable bonds is 1. The third kappa shape index (κ3) is 1.28. The van der Waals surface area contributed by atoms with Crippen molar-refractivity contribution in [3.05, 3.63) is 34.0 Å². The van der Waals surface area contributed by atoms with Crippen LogP contribution in [0.2, 0.25) is 0 Å². The number of nitro groups is 1. The van der Waals surface area contributed by atoms with Crippen LogP contribution in [-0.4, -0.2) is 9.91 Å². The summed E-state index contributed by atoms with van der Waals surface area (Å²) in [5.41, 5.74) is 0.630. The van der Waals surface area contributed by atoms with Gasteiger partial charge in [0, 0.05) is 6.92 Å². The summed E-state index contributed by atoms with van der Waals surface area (Å²) < 4.78 is 0. The van der Waals surface area contributed by atoms with Gasteiger partial charge in [0.2, 0.25) is 0 Å². The molecule has 0 atom stereocenters. The molecule has 0 amide bonds. The maximum atomic E-state index is 10.1. The number of nitrogens with zero attached hydrogens (tertiary/aromatic N) is 2. The van der Waals surface area contributed by atoms with Crippen molar-refractivity contribution in [2.75, 3.05) is 0 Å². The molecule has 1 aromatic rings. The van der Waals surface area contributed by atoms with Crippen LogP contribution in [0.3, 0.4) is 0 Å². The smallest absolute Gasteiger partial charge is 0.358 e. The quantitative estimate of drug-likeness (QED) is 0.430. The first-order chi connectivity index (χ1) is 4.70. The summed E-state index contributed by atoms with van der Waals surface area (Å²) in [6.07, 6.45) is 0. The van der Waals surface area contributed by atoms with E-state index in [-0.39, 0.29) is 5.82 Å². The average Bonchev–Trinajstić information content (AvgIpc) is 1.88. The maximum absolute atomic E-state index is 10.1. The lowest BCUT2D eigenvalue weighted by Crippen LogP contribution is -1.92. The van der Waals surface area contributed by atoms with E-state index in [4.69, 9.17) is 0 Å². The molecular weight excluding hydrogens is 132 g/mol.